The first-order chi connectivity index (χ1) is 16.4. The van der Waals surface area contributed by atoms with E-state index in [-0.39, 0.29) is 43.0 Å². The van der Waals surface area contributed by atoms with E-state index in [9.17, 15) is 14.4 Å². The van der Waals surface area contributed by atoms with Crippen molar-refractivity contribution < 1.29 is 37.7 Å². The Hall–Kier alpha value is -2.61. The van der Waals surface area contributed by atoms with Gasteiger partial charge in [0.2, 0.25) is 0 Å². The molecule has 3 saturated heterocycles. The van der Waals surface area contributed by atoms with Crippen molar-refractivity contribution in [2.45, 2.75) is 83.2 Å². The lowest BCUT2D eigenvalue weighted by Gasteiger charge is -2.68. The average Bonchev–Trinajstić information content (AvgIpc) is 3.40. The van der Waals surface area contributed by atoms with Crippen LogP contribution in [-0.4, -0.2) is 42.3 Å². The van der Waals surface area contributed by atoms with Crippen LogP contribution >= 0.6 is 0 Å². The predicted octanol–water partition coefficient (Wildman–Crippen LogP) is 4.29. The fraction of sp³-hybridized carbons (Fsp3) is 0.667. The first-order valence-corrected chi connectivity index (χ1v) is 12.3. The summed E-state index contributed by atoms with van der Waals surface area (Å²) < 4.78 is 29.0. The van der Waals surface area contributed by atoms with Crippen LogP contribution in [-0.2, 0) is 33.3 Å². The van der Waals surface area contributed by atoms with Crippen molar-refractivity contribution in [3.8, 4) is 0 Å². The van der Waals surface area contributed by atoms with Gasteiger partial charge in [-0.15, -0.1) is 0 Å². The van der Waals surface area contributed by atoms with Crippen LogP contribution in [0.4, 0.5) is 0 Å². The molecule has 1 aliphatic carbocycles. The molecule has 0 N–H and O–H groups in total. The van der Waals surface area contributed by atoms with Gasteiger partial charge in [0.15, 0.2) is 0 Å². The number of esters is 3. The van der Waals surface area contributed by atoms with Crippen LogP contribution in [0.2, 0.25) is 0 Å². The number of rotatable bonds is 4. The van der Waals surface area contributed by atoms with Crippen LogP contribution in [0.1, 0.15) is 71.5 Å². The highest BCUT2D eigenvalue weighted by Gasteiger charge is 2.72. The summed E-state index contributed by atoms with van der Waals surface area (Å²) >= 11 is 0. The van der Waals surface area contributed by atoms with Crippen molar-refractivity contribution in [1.29, 1.82) is 0 Å². The number of ether oxygens (including phenoxy) is 4. The van der Waals surface area contributed by atoms with E-state index < -0.39 is 40.2 Å². The van der Waals surface area contributed by atoms with Gasteiger partial charge in [-0.2, -0.15) is 0 Å². The van der Waals surface area contributed by atoms with Crippen LogP contribution < -0.4 is 0 Å². The van der Waals surface area contributed by atoms with Crippen LogP contribution in [0, 0.1) is 22.7 Å². The number of methoxy groups -OCH3 is 1. The van der Waals surface area contributed by atoms with Gasteiger partial charge in [-0.05, 0) is 44.2 Å². The molecule has 5 rings (SSSR count). The third kappa shape index (κ3) is 3.18. The molecule has 2 unspecified atom stereocenters. The molecule has 0 aromatic carbocycles. The Morgan fingerprint density at radius 2 is 1.94 bits per heavy atom. The van der Waals surface area contributed by atoms with Gasteiger partial charge >= 0.3 is 17.9 Å². The van der Waals surface area contributed by atoms with E-state index >= 15 is 0 Å². The molecule has 1 aromatic heterocycles. The minimum Gasteiger partial charge on any atom is -0.472 e. The third-order valence-corrected chi connectivity index (χ3v) is 9.59. The predicted molar refractivity (Wildman–Crippen MR) is 123 cm³/mol. The Morgan fingerprint density at radius 1 is 1.20 bits per heavy atom. The lowest BCUT2D eigenvalue weighted by Crippen LogP contribution is -2.71. The summed E-state index contributed by atoms with van der Waals surface area (Å²) in [5.74, 6) is -1.34. The third-order valence-electron chi connectivity index (χ3n) is 9.59. The van der Waals surface area contributed by atoms with Crippen LogP contribution in [0.25, 0.3) is 0 Å². The molecule has 1 aromatic rings. The molecular formula is C27H34O8. The standard InChI is InChI=1S/C27H34O8/c1-15-17-7-9-25(4)23(16-8-10-32-14-16)33-22(30)13-27(15,25)34-19(12-20(28)31-6)26(17,5)18-11-21(29)35-24(18,2)3/h8,10,14,17-19,23H,1,7,9,11-13H2,2-6H3/t17?,18?,19-,23-,25-,26+,27-/m0/s1. The summed E-state index contributed by atoms with van der Waals surface area (Å²) in [4.78, 5) is 38.1. The Bertz CT molecular complexity index is 1070. The number of cyclic esters (lactones) is 2. The largest absolute Gasteiger partial charge is 0.472 e. The lowest BCUT2D eigenvalue weighted by molar-refractivity contribution is -0.293. The molecule has 190 valence electrons. The van der Waals surface area contributed by atoms with Crippen LogP contribution in [0.15, 0.2) is 35.2 Å². The van der Waals surface area contributed by atoms with Crippen molar-refractivity contribution in [2.75, 3.05) is 7.11 Å². The van der Waals surface area contributed by atoms with Crippen molar-refractivity contribution in [3.05, 3.63) is 36.3 Å². The fourth-order valence-corrected chi connectivity index (χ4v) is 7.78. The van der Waals surface area contributed by atoms with Gasteiger partial charge in [-0.1, -0.05) is 20.4 Å². The van der Waals surface area contributed by atoms with Crippen LogP contribution in [0.5, 0.6) is 0 Å². The lowest BCUT2D eigenvalue weighted by atomic mass is 9.45. The fourth-order valence-electron chi connectivity index (χ4n) is 7.78. The first-order valence-electron chi connectivity index (χ1n) is 12.3. The second kappa shape index (κ2) is 7.69. The van der Waals surface area contributed by atoms with Gasteiger partial charge in [0.05, 0.1) is 45.0 Å². The van der Waals surface area contributed by atoms with Gasteiger partial charge in [0.25, 0.3) is 0 Å². The average molecular weight is 487 g/mol. The molecule has 1 saturated carbocycles. The van der Waals surface area contributed by atoms with Crippen molar-refractivity contribution in [2.24, 2.45) is 22.7 Å². The number of carbonyl (C=O) groups is 3. The van der Waals surface area contributed by atoms with Gasteiger partial charge in [-0.25, -0.2) is 0 Å². The normalized spacial score (nSPS) is 42.1. The molecule has 7 atom stereocenters. The van der Waals surface area contributed by atoms with Gasteiger partial charge < -0.3 is 23.4 Å². The van der Waals surface area contributed by atoms with E-state index in [4.69, 9.17) is 23.4 Å². The van der Waals surface area contributed by atoms with E-state index in [2.05, 4.69) is 20.4 Å². The zero-order chi connectivity index (χ0) is 25.4. The maximum atomic E-state index is 13.0. The van der Waals surface area contributed by atoms with Gasteiger partial charge in [0, 0.05) is 22.3 Å². The highest BCUT2D eigenvalue weighted by atomic mass is 16.6. The molecule has 0 amide bonds. The Labute approximate surface area is 205 Å². The topological polar surface area (TPSA) is 101 Å². The second-order valence-electron chi connectivity index (χ2n) is 11.6. The van der Waals surface area contributed by atoms with Gasteiger partial charge in [0.1, 0.15) is 17.3 Å². The first kappa shape index (κ1) is 24.1. The molecule has 0 radical (unpaired) electrons. The Balaban J connectivity index is 1.65. The van der Waals surface area contributed by atoms with Crippen molar-refractivity contribution in [1.82, 2.24) is 0 Å². The monoisotopic (exact) mass is 486 g/mol. The molecule has 1 spiro atoms. The van der Waals surface area contributed by atoms with E-state index in [0.717, 1.165) is 17.6 Å². The minimum atomic E-state index is -1.03. The quantitative estimate of drug-likeness (QED) is 0.353. The van der Waals surface area contributed by atoms with Crippen LogP contribution in [0.3, 0.4) is 0 Å². The number of hydrogen-bond acceptors (Lipinski definition) is 8. The highest BCUT2D eigenvalue weighted by molar-refractivity contribution is 5.75. The summed E-state index contributed by atoms with van der Waals surface area (Å²) in [5, 5.41) is 0. The molecule has 8 nitrogen and oxygen atoms in total. The zero-order valence-electron chi connectivity index (χ0n) is 21.1. The summed E-state index contributed by atoms with van der Waals surface area (Å²) in [5.41, 5.74) is -1.43. The summed E-state index contributed by atoms with van der Waals surface area (Å²) in [6.45, 7) is 12.5. The molecule has 2 bridgehead atoms. The molecular weight excluding hydrogens is 452 g/mol. The molecule has 4 fully saturated rings. The zero-order valence-corrected chi connectivity index (χ0v) is 21.1. The second-order valence-corrected chi connectivity index (χ2v) is 11.6. The number of fused-ring (bicyclic) bond motifs is 1. The van der Waals surface area contributed by atoms with Crippen molar-refractivity contribution in [3.63, 3.8) is 0 Å². The maximum Gasteiger partial charge on any atom is 0.309 e. The summed E-state index contributed by atoms with van der Waals surface area (Å²) in [6.07, 6.45) is 3.69. The summed E-state index contributed by atoms with van der Waals surface area (Å²) in [6, 6.07) is 1.81. The van der Waals surface area contributed by atoms with Crippen molar-refractivity contribution >= 4 is 17.9 Å². The molecule has 4 heterocycles. The van der Waals surface area contributed by atoms with E-state index in [1.165, 1.54) is 7.11 Å². The van der Waals surface area contributed by atoms with Gasteiger partial charge in [-0.3, -0.25) is 14.4 Å². The number of hydrogen-bond donors (Lipinski definition) is 0. The molecule has 3 aliphatic heterocycles. The maximum absolute atomic E-state index is 13.0. The Morgan fingerprint density at radius 3 is 2.54 bits per heavy atom. The Kier molecular flexibility index (Phi) is 5.30. The summed E-state index contributed by atoms with van der Waals surface area (Å²) in [7, 11) is 1.35. The van der Waals surface area contributed by atoms with E-state index in [1.54, 1.807) is 18.6 Å². The smallest absolute Gasteiger partial charge is 0.309 e. The molecule has 35 heavy (non-hydrogen) atoms. The SMILES string of the molecule is C=C1C2CC[C@@]3(C)[C@H](c4ccoc4)OC(=O)C[C@]13O[C@@H](CC(=O)OC)[C@@]2(C)C1CC(=O)OC1(C)C. The molecule has 4 aliphatic rings. The van der Waals surface area contributed by atoms with E-state index in [1.807, 2.05) is 13.8 Å². The number of carbonyl (C=O) groups excluding carboxylic acids is 3. The van der Waals surface area contributed by atoms with E-state index in [0.29, 0.717) is 6.42 Å². The molecule has 8 heteroatoms. The number of furan rings is 1. The minimum absolute atomic E-state index is 0.000799. The highest BCUT2D eigenvalue weighted by Crippen LogP contribution is 2.70.